The Morgan fingerprint density at radius 3 is 2.62 bits per heavy atom. The fourth-order valence-corrected chi connectivity index (χ4v) is 2.75. The normalized spacial score (nSPS) is 12.1. The maximum absolute atomic E-state index is 12.3. The standard InChI is InChI=1S/C20H24Cl2N2O2/c1-4-24(3)13-16-8-5-7-15(11-16)12-23-20(25)14(2)26-18-10-6-9-17(21)19(18)22/h5-11,14H,4,12-13H2,1-3H3,(H,23,25). The molecule has 1 N–H and O–H groups in total. The highest BCUT2D eigenvalue weighted by molar-refractivity contribution is 6.42. The highest BCUT2D eigenvalue weighted by Crippen LogP contribution is 2.32. The van der Waals surface area contributed by atoms with Crippen molar-refractivity contribution in [2.45, 2.75) is 33.0 Å². The summed E-state index contributed by atoms with van der Waals surface area (Å²) >= 11 is 12.1. The number of rotatable bonds is 8. The lowest BCUT2D eigenvalue weighted by molar-refractivity contribution is -0.127. The van der Waals surface area contributed by atoms with Crippen molar-refractivity contribution >= 4 is 29.1 Å². The molecule has 1 unspecified atom stereocenters. The predicted octanol–water partition coefficient (Wildman–Crippen LogP) is 4.53. The predicted molar refractivity (Wildman–Crippen MR) is 107 cm³/mol. The molecule has 0 saturated carbocycles. The summed E-state index contributed by atoms with van der Waals surface area (Å²) in [6.45, 7) is 6.11. The lowest BCUT2D eigenvalue weighted by atomic mass is 10.1. The van der Waals surface area contributed by atoms with Crippen LogP contribution in [-0.4, -0.2) is 30.5 Å². The molecule has 0 bridgehead atoms. The van der Waals surface area contributed by atoms with Crippen LogP contribution in [0.1, 0.15) is 25.0 Å². The van der Waals surface area contributed by atoms with Gasteiger partial charge in [-0.3, -0.25) is 4.79 Å². The summed E-state index contributed by atoms with van der Waals surface area (Å²) in [4.78, 5) is 14.5. The zero-order valence-electron chi connectivity index (χ0n) is 15.3. The average Bonchev–Trinajstić information content (AvgIpc) is 2.63. The van der Waals surface area contributed by atoms with Crippen LogP contribution in [-0.2, 0) is 17.9 Å². The van der Waals surface area contributed by atoms with Gasteiger partial charge in [0.2, 0.25) is 0 Å². The highest BCUT2D eigenvalue weighted by Gasteiger charge is 2.16. The Balaban J connectivity index is 1.91. The number of hydrogen-bond donors (Lipinski definition) is 1. The van der Waals surface area contributed by atoms with E-state index in [9.17, 15) is 4.79 Å². The van der Waals surface area contributed by atoms with Gasteiger partial charge in [0.05, 0.1) is 5.02 Å². The van der Waals surface area contributed by atoms with Gasteiger partial charge in [-0.2, -0.15) is 0 Å². The SMILES string of the molecule is CCN(C)Cc1cccc(CNC(=O)C(C)Oc2cccc(Cl)c2Cl)c1. The van der Waals surface area contributed by atoms with Gasteiger partial charge in [0.15, 0.2) is 6.10 Å². The third-order valence-corrected chi connectivity index (χ3v) is 4.84. The minimum atomic E-state index is -0.680. The van der Waals surface area contributed by atoms with Crippen molar-refractivity contribution in [3.8, 4) is 5.75 Å². The van der Waals surface area contributed by atoms with Crippen molar-refractivity contribution in [3.05, 3.63) is 63.6 Å². The smallest absolute Gasteiger partial charge is 0.261 e. The third kappa shape index (κ3) is 5.90. The van der Waals surface area contributed by atoms with Gasteiger partial charge in [0.1, 0.15) is 10.8 Å². The number of ether oxygens (including phenoxy) is 1. The first kappa shape index (κ1) is 20.6. The van der Waals surface area contributed by atoms with Crippen LogP contribution in [0.15, 0.2) is 42.5 Å². The number of benzene rings is 2. The second kappa shape index (κ2) is 9.81. The van der Waals surface area contributed by atoms with Crippen molar-refractivity contribution in [2.75, 3.05) is 13.6 Å². The molecule has 0 aliphatic heterocycles. The van der Waals surface area contributed by atoms with Crippen LogP contribution in [0.25, 0.3) is 0 Å². The number of carbonyl (C=O) groups excluding carboxylic acids is 1. The van der Waals surface area contributed by atoms with E-state index < -0.39 is 6.10 Å². The van der Waals surface area contributed by atoms with E-state index in [0.29, 0.717) is 22.3 Å². The molecular formula is C20H24Cl2N2O2. The molecule has 1 amide bonds. The van der Waals surface area contributed by atoms with Crippen LogP contribution in [0.4, 0.5) is 0 Å². The van der Waals surface area contributed by atoms with Crippen LogP contribution in [0.3, 0.4) is 0 Å². The Bertz CT molecular complexity index is 752. The molecule has 0 radical (unpaired) electrons. The molecule has 6 heteroatoms. The molecule has 0 saturated heterocycles. The Morgan fingerprint density at radius 1 is 1.19 bits per heavy atom. The number of hydrogen-bond acceptors (Lipinski definition) is 3. The zero-order valence-corrected chi connectivity index (χ0v) is 16.8. The van der Waals surface area contributed by atoms with Gasteiger partial charge in [-0.25, -0.2) is 0 Å². The number of amides is 1. The van der Waals surface area contributed by atoms with Crippen molar-refractivity contribution in [3.63, 3.8) is 0 Å². The second-order valence-corrected chi connectivity index (χ2v) is 6.97. The summed E-state index contributed by atoms with van der Waals surface area (Å²) in [6.07, 6.45) is -0.680. The van der Waals surface area contributed by atoms with E-state index in [4.69, 9.17) is 27.9 Å². The van der Waals surface area contributed by atoms with Crippen LogP contribution < -0.4 is 10.1 Å². The maximum Gasteiger partial charge on any atom is 0.261 e. The summed E-state index contributed by atoms with van der Waals surface area (Å²) in [5, 5.41) is 3.60. The molecule has 0 spiro atoms. The van der Waals surface area contributed by atoms with Gasteiger partial charge in [-0.1, -0.05) is 60.5 Å². The molecule has 140 valence electrons. The fraction of sp³-hybridized carbons (Fsp3) is 0.350. The Labute approximate surface area is 165 Å². The van der Waals surface area contributed by atoms with Crippen LogP contribution in [0.5, 0.6) is 5.75 Å². The van der Waals surface area contributed by atoms with Crippen molar-refractivity contribution in [2.24, 2.45) is 0 Å². The topological polar surface area (TPSA) is 41.6 Å². The molecule has 0 fully saturated rings. The van der Waals surface area contributed by atoms with Crippen LogP contribution >= 0.6 is 23.2 Å². The molecule has 0 heterocycles. The second-order valence-electron chi connectivity index (χ2n) is 6.18. The van der Waals surface area contributed by atoms with E-state index >= 15 is 0 Å². The Kier molecular flexibility index (Phi) is 7.76. The molecule has 2 aromatic carbocycles. The summed E-state index contributed by atoms with van der Waals surface area (Å²) < 4.78 is 5.63. The summed E-state index contributed by atoms with van der Waals surface area (Å²) in [5.74, 6) is 0.184. The molecule has 1 atom stereocenters. The highest BCUT2D eigenvalue weighted by atomic mass is 35.5. The first-order valence-corrected chi connectivity index (χ1v) is 9.31. The molecule has 0 aliphatic carbocycles. The van der Waals surface area contributed by atoms with E-state index in [1.807, 2.05) is 12.1 Å². The minimum absolute atomic E-state index is 0.211. The molecule has 4 nitrogen and oxygen atoms in total. The van der Waals surface area contributed by atoms with E-state index in [0.717, 1.165) is 18.7 Å². The zero-order chi connectivity index (χ0) is 19.1. The van der Waals surface area contributed by atoms with Crippen molar-refractivity contribution < 1.29 is 9.53 Å². The third-order valence-electron chi connectivity index (χ3n) is 4.04. The minimum Gasteiger partial charge on any atom is -0.479 e. The molecule has 0 aliphatic rings. The monoisotopic (exact) mass is 394 g/mol. The van der Waals surface area contributed by atoms with Gasteiger partial charge in [-0.05, 0) is 43.8 Å². The van der Waals surface area contributed by atoms with Gasteiger partial charge < -0.3 is 15.0 Å². The van der Waals surface area contributed by atoms with Gasteiger partial charge >= 0.3 is 0 Å². The maximum atomic E-state index is 12.3. The average molecular weight is 395 g/mol. The Hall–Kier alpha value is -1.75. The lowest BCUT2D eigenvalue weighted by Crippen LogP contribution is -2.36. The number of nitrogens with one attached hydrogen (secondary N) is 1. The quantitative estimate of drug-likeness (QED) is 0.714. The number of carbonyl (C=O) groups is 1. The first-order valence-electron chi connectivity index (χ1n) is 8.55. The van der Waals surface area contributed by atoms with E-state index in [1.54, 1.807) is 25.1 Å². The summed E-state index contributed by atoms with van der Waals surface area (Å²) in [6, 6.07) is 13.3. The van der Waals surface area contributed by atoms with Gasteiger partial charge in [0.25, 0.3) is 5.91 Å². The first-order chi connectivity index (χ1) is 12.4. The number of nitrogens with zero attached hydrogens (tertiary/aromatic N) is 1. The van der Waals surface area contributed by atoms with Crippen molar-refractivity contribution in [1.29, 1.82) is 0 Å². The van der Waals surface area contributed by atoms with E-state index in [-0.39, 0.29) is 5.91 Å². The Morgan fingerprint density at radius 2 is 1.88 bits per heavy atom. The molecule has 2 aromatic rings. The lowest BCUT2D eigenvalue weighted by Gasteiger charge is -2.17. The van der Waals surface area contributed by atoms with E-state index in [2.05, 4.69) is 36.3 Å². The summed E-state index contributed by atoms with van der Waals surface area (Å²) in [7, 11) is 2.08. The molecule has 0 aromatic heterocycles. The molecule has 26 heavy (non-hydrogen) atoms. The van der Waals surface area contributed by atoms with Crippen LogP contribution in [0, 0.1) is 0 Å². The number of halogens is 2. The summed E-state index contributed by atoms with van der Waals surface area (Å²) in [5.41, 5.74) is 2.27. The molecular weight excluding hydrogens is 371 g/mol. The van der Waals surface area contributed by atoms with Gasteiger partial charge in [0, 0.05) is 13.1 Å². The fourth-order valence-electron chi connectivity index (χ4n) is 2.41. The van der Waals surface area contributed by atoms with Gasteiger partial charge in [-0.15, -0.1) is 0 Å². The van der Waals surface area contributed by atoms with Crippen molar-refractivity contribution in [1.82, 2.24) is 10.2 Å². The van der Waals surface area contributed by atoms with E-state index in [1.165, 1.54) is 5.56 Å². The van der Waals surface area contributed by atoms with Crippen LogP contribution in [0.2, 0.25) is 10.0 Å². The molecule has 2 rings (SSSR count). The largest absolute Gasteiger partial charge is 0.479 e.